The number of nitrogens with zero attached hydrogens (tertiary/aromatic N) is 4. The van der Waals surface area contributed by atoms with Gasteiger partial charge in [0.25, 0.3) is 0 Å². The highest BCUT2D eigenvalue weighted by Gasteiger charge is 2.61. The summed E-state index contributed by atoms with van der Waals surface area (Å²) in [6.07, 6.45) is 7.32. The second kappa shape index (κ2) is 14.1. The maximum Gasteiger partial charge on any atom is 0.245 e. The van der Waals surface area contributed by atoms with Gasteiger partial charge in [0.05, 0.1) is 35.5 Å². The fraction of sp³-hybridized carbons (Fsp3) is 0.553. The van der Waals surface area contributed by atoms with E-state index in [0.717, 1.165) is 40.9 Å². The Labute approximate surface area is 309 Å². The van der Waals surface area contributed by atoms with Crippen LogP contribution in [0.15, 0.2) is 35.7 Å². The molecule has 2 aliphatic heterocycles. The quantitative estimate of drug-likeness (QED) is 0.301. The lowest BCUT2D eigenvalue weighted by Crippen LogP contribution is -2.48. The minimum atomic E-state index is -3.80. The van der Waals surface area contributed by atoms with Gasteiger partial charge in [-0.3, -0.25) is 19.1 Å². The molecule has 14 heteroatoms. The van der Waals surface area contributed by atoms with Crippen molar-refractivity contribution in [3.8, 4) is 22.2 Å². The van der Waals surface area contributed by atoms with Crippen molar-refractivity contribution in [2.24, 2.45) is 11.3 Å². The maximum atomic E-state index is 14.3. The molecule has 7 rings (SSSR count). The second-order valence-corrected chi connectivity index (χ2v) is 17.9. The molecule has 4 aliphatic rings. The van der Waals surface area contributed by atoms with Gasteiger partial charge in [0.15, 0.2) is 0 Å². The summed E-state index contributed by atoms with van der Waals surface area (Å²) in [5.74, 6) is 0.0661. The number of likely N-dealkylation sites (N-methyl/N-ethyl adjacent to an activating group) is 1. The van der Waals surface area contributed by atoms with E-state index in [0.29, 0.717) is 48.5 Å². The van der Waals surface area contributed by atoms with Gasteiger partial charge in [0, 0.05) is 48.8 Å². The summed E-state index contributed by atoms with van der Waals surface area (Å²) in [4.78, 5) is 55.1. The summed E-state index contributed by atoms with van der Waals surface area (Å²) in [5.41, 5.74) is 2.00. The molecule has 2 aromatic heterocycles. The van der Waals surface area contributed by atoms with Gasteiger partial charge < -0.3 is 19.3 Å². The van der Waals surface area contributed by atoms with Crippen LogP contribution in [0.3, 0.4) is 0 Å². The first-order chi connectivity index (χ1) is 24.8. The highest BCUT2D eigenvalue weighted by molar-refractivity contribution is 7.90. The van der Waals surface area contributed by atoms with Gasteiger partial charge in [-0.2, -0.15) is 0 Å². The molecule has 0 bridgehead atoms. The molecular formula is C38H47N5O7S2. The number of aromatic nitrogens is 2. The van der Waals surface area contributed by atoms with Crippen LogP contribution >= 0.6 is 11.3 Å². The topological polar surface area (TPSA) is 148 Å². The molecule has 52 heavy (non-hydrogen) atoms. The summed E-state index contributed by atoms with van der Waals surface area (Å²) >= 11 is 1.51. The number of thiazole rings is 1. The maximum absolute atomic E-state index is 14.3. The van der Waals surface area contributed by atoms with Crippen LogP contribution in [0.2, 0.25) is 0 Å². The fourth-order valence-electron chi connectivity index (χ4n) is 7.48. The van der Waals surface area contributed by atoms with Crippen LogP contribution in [0.4, 0.5) is 0 Å². The first kappa shape index (κ1) is 36.3. The van der Waals surface area contributed by atoms with Gasteiger partial charge >= 0.3 is 0 Å². The summed E-state index contributed by atoms with van der Waals surface area (Å²) in [6.45, 7) is 6.82. The Morgan fingerprint density at radius 3 is 2.63 bits per heavy atom. The molecule has 3 fully saturated rings. The molecule has 0 radical (unpaired) electrons. The average molecular weight is 750 g/mol. The van der Waals surface area contributed by atoms with Crippen LogP contribution in [0.25, 0.3) is 21.6 Å². The monoisotopic (exact) mass is 749 g/mol. The molecule has 0 spiro atoms. The number of amides is 3. The van der Waals surface area contributed by atoms with Crippen molar-refractivity contribution in [3.05, 3.63) is 47.0 Å². The summed E-state index contributed by atoms with van der Waals surface area (Å²) in [6, 6.07) is 4.86. The highest BCUT2D eigenvalue weighted by Crippen LogP contribution is 2.57. The van der Waals surface area contributed by atoms with E-state index < -0.39 is 38.7 Å². The Morgan fingerprint density at radius 1 is 1.13 bits per heavy atom. The predicted octanol–water partition coefficient (Wildman–Crippen LogP) is 5.35. The number of ether oxygens (including phenoxy) is 2. The minimum absolute atomic E-state index is 0.130. The number of methoxy groups -OCH3 is 1. The first-order valence-corrected chi connectivity index (χ1v) is 20.6. The van der Waals surface area contributed by atoms with Crippen molar-refractivity contribution in [2.45, 2.75) is 95.5 Å². The number of aryl methyl sites for hydroxylation is 1. The lowest BCUT2D eigenvalue weighted by atomic mass is 9.96. The number of fused-ring (bicyclic) bond motifs is 3. The van der Waals surface area contributed by atoms with E-state index in [4.69, 9.17) is 19.4 Å². The molecule has 12 nitrogen and oxygen atoms in total. The summed E-state index contributed by atoms with van der Waals surface area (Å²) in [5, 5.41) is 3.00. The molecule has 1 saturated heterocycles. The van der Waals surface area contributed by atoms with Crippen molar-refractivity contribution in [1.82, 2.24) is 24.5 Å². The minimum Gasteiger partial charge on any atom is -0.496 e. The molecule has 4 atom stereocenters. The van der Waals surface area contributed by atoms with Crippen molar-refractivity contribution in [3.63, 3.8) is 0 Å². The molecule has 0 unspecified atom stereocenters. The van der Waals surface area contributed by atoms with Gasteiger partial charge in [-0.05, 0) is 69.4 Å². The third-order valence-corrected chi connectivity index (χ3v) is 13.7. The molecule has 3 amide bonds. The van der Waals surface area contributed by atoms with Gasteiger partial charge in [-0.15, -0.1) is 11.3 Å². The van der Waals surface area contributed by atoms with E-state index in [-0.39, 0.29) is 43.0 Å². The SMILES string of the molecule is COc1ccc2c(O[C@H]3C[C@H]4C(=O)N(C)CCCC/C=C\[C@H]5C[C@@]5(C(=O)NS(=O)(=O)C5CC5)CC(=O)N4C3)cc(-c3nc(C(C)C)cs3)nc2c1C. The van der Waals surface area contributed by atoms with E-state index in [1.54, 1.807) is 24.0 Å². The van der Waals surface area contributed by atoms with E-state index >= 15 is 0 Å². The standard InChI is InChI=1S/C38H47N5O7S2/c1-22(2)29-21-51-35(40-29)28-17-32(27-13-14-31(49-5)23(3)34(27)39-28)50-25-16-30-36(45)42(4)15-9-7-6-8-10-24-18-38(24,19-33(44)43(30)20-25)37(46)41-52(47,48)26-11-12-26/h8,10,13-14,17,21-22,24-26,30H,6-7,9,11-12,15-16,18-20H2,1-5H3,(H,41,46)/b10-8-/t24-,25-,30-,38+/m0/s1. The molecule has 2 aliphatic carbocycles. The van der Waals surface area contributed by atoms with Gasteiger partial charge in [-0.25, -0.2) is 18.4 Å². The number of benzene rings is 1. The zero-order valence-electron chi connectivity index (χ0n) is 30.4. The van der Waals surface area contributed by atoms with E-state index in [2.05, 4.69) is 18.6 Å². The molecule has 1 aromatic carbocycles. The Bertz CT molecular complexity index is 2040. The lowest BCUT2D eigenvalue weighted by Gasteiger charge is -2.29. The van der Waals surface area contributed by atoms with Crippen molar-refractivity contribution < 1.29 is 32.3 Å². The number of rotatable bonds is 8. The smallest absolute Gasteiger partial charge is 0.245 e. The Morgan fingerprint density at radius 2 is 1.92 bits per heavy atom. The summed E-state index contributed by atoms with van der Waals surface area (Å²) < 4.78 is 40.3. The zero-order chi connectivity index (χ0) is 36.9. The molecule has 2 saturated carbocycles. The van der Waals surface area contributed by atoms with Crippen molar-refractivity contribution in [1.29, 1.82) is 0 Å². The molecule has 1 N–H and O–H groups in total. The molecular weight excluding hydrogens is 703 g/mol. The lowest BCUT2D eigenvalue weighted by molar-refractivity contribution is -0.144. The number of allylic oxidation sites excluding steroid dienone is 2. The van der Waals surface area contributed by atoms with Crippen LogP contribution in [-0.2, 0) is 24.4 Å². The van der Waals surface area contributed by atoms with E-state index in [1.807, 2.05) is 42.7 Å². The average Bonchev–Trinajstić information content (AvgIpc) is 3.98. The van der Waals surface area contributed by atoms with Gasteiger partial charge in [0.2, 0.25) is 27.7 Å². The van der Waals surface area contributed by atoms with Crippen LogP contribution < -0.4 is 14.2 Å². The van der Waals surface area contributed by atoms with E-state index in [9.17, 15) is 22.8 Å². The van der Waals surface area contributed by atoms with Crippen LogP contribution in [-0.4, -0.2) is 90.5 Å². The number of nitrogens with one attached hydrogen (secondary N) is 1. The van der Waals surface area contributed by atoms with Crippen LogP contribution in [0, 0.1) is 18.3 Å². The summed E-state index contributed by atoms with van der Waals surface area (Å²) in [7, 11) is -0.424. The normalized spacial score (nSPS) is 26.2. The molecule has 278 valence electrons. The van der Waals surface area contributed by atoms with Crippen molar-refractivity contribution >= 4 is 50.0 Å². The van der Waals surface area contributed by atoms with Crippen molar-refractivity contribution in [2.75, 3.05) is 27.2 Å². The number of sulfonamides is 1. The van der Waals surface area contributed by atoms with E-state index in [1.165, 1.54) is 11.3 Å². The molecule has 4 heterocycles. The second-order valence-electron chi connectivity index (χ2n) is 15.1. The van der Waals surface area contributed by atoms with Crippen LogP contribution in [0.1, 0.15) is 82.4 Å². The fourth-order valence-corrected chi connectivity index (χ4v) is 9.80. The highest BCUT2D eigenvalue weighted by atomic mass is 32.2. The largest absolute Gasteiger partial charge is 0.496 e. The number of carbonyl (C=O) groups excluding carboxylic acids is 3. The number of carbonyl (C=O) groups is 3. The zero-order valence-corrected chi connectivity index (χ0v) is 32.0. The van der Waals surface area contributed by atoms with Crippen LogP contribution in [0.5, 0.6) is 11.5 Å². The number of hydrogen-bond donors (Lipinski definition) is 1. The Balaban J connectivity index is 1.21. The third kappa shape index (κ3) is 7.03. The Hall–Kier alpha value is -4.04. The van der Waals surface area contributed by atoms with Gasteiger partial charge in [0.1, 0.15) is 34.3 Å². The number of pyridine rings is 1. The number of hydrogen-bond acceptors (Lipinski definition) is 10. The molecule has 3 aromatic rings. The third-order valence-electron chi connectivity index (χ3n) is 11.0. The van der Waals surface area contributed by atoms with Gasteiger partial charge in [-0.1, -0.05) is 26.0 Å². The predicted molar refractivity (Wildman–Crippen MR) is 199 cm³/mol. The first-order valence-electron chi connectivity index (χ1n) is 18.2. The Kier molecular flexibility index (Phi) is 9.83.